The van der Waals surface area contributed by atoms with E-state index in [0.717, 1.165) is 0 Å². The van der Waals surface area contributed by atoms with E-state index in [4.69, 9.17) is 4.74 Å². The number of thiophene rings is 1. The van der Waals surface area contributed by atoms with Gasteiger partial charge in [-0.15, -0.1) is 11.3 Å². The Morgan fingerprint density at radius 1 is 1.08 bits per heavy atom. The van der Waals surface area contributed by atoms with Crippen molar-refractivity contribution in [2.24, 2.45) is 0 Å². The molecule has 0 aliphatic carbocycles. The van der Waals surface area contributed by atoms with E-state index in [1.54, 1.807) is 17.5 Å². The SMILES string of the molecule is CC1CN(S(=O)(=O)N2CCC(NS(=O)(=O)c3cccs3)CC2)CC(C)O1. The van der Waals surface area contributed by atoms with Crippen molar-refractivity contribution in [1.82, 2.24) is 13.3 Å². The fraction of sp³-hybridized carbons (Fsp3) is 0.733. The van der Waals surface area contributed by atoms with Gasteiger partial charge >= 0.3 is 0 Å². The van der Waals surface area contributed by atoms with Gasteiger partial charge in [0.1, 0.15) is 4.21 Å². The second-order valence-electron chi connectivity index (χ2n) is 6.81. The van der Waals surface area contributed by atoms with Gasteiger partial charge in [0.2, 0.25) is 10.0 Å². The van der Waals surface area contributed by atoms with Crippen LogP contribution in [0.15, 0.2) is 21.7 Å². The molecule has 0 spiro atoms. The lowest BCUT2D eigenvalue weighted by Crippen LogP contribution is -2.55. The second kappa shape index (κ2) is 7.82. The van der Waals surface area contributed by atoms with Crippen LogP contribution in [0.2, 0.25) is 0 Å². The van der Waals surface area contributed by atoms with Gasteiger partial charge in [-0.05, 0) is 38.1 Å². The average molecular weight is 424 g/mol. The molecule has 1 N–H and O–H groups in total. The summed E-state index contributed by atoms with van der Waals surface area (Å²) in [5.74, 6) is 0. The Kier molecular flexibility index (Phi) is 6.07. The summed E-state index contributed by atoms with van der Waals surface area (Å²) < 4.78 is 61.9. The second-order valence-corrected chi connectivity index (χ2v) is 11.6. The molecule has 26 heavy (non-hydrogen) atoms. The monoisotopic (exact) mass is 423 g/mol. The number of piperidine rings is 1. The van der Waals surface area contributed by atoms with Crippen molar-refractivity contribution in [3.63, 3.8) is 0 Å². The topological polar surface area (TPSA) is 96.0 Å². The van der Waals surface area contributed by atoms with Crippen molar-refractivity contribution in [3.05, 3.63) is 17.5 Å². The number of nitrogens with one attached hydrogen (secondary N) is 1. The van der Waals surface area contributed by atoms with Crippen LogP contribution in [-0.2, 0) is 25.0 Å². The largest absolute Gasteiger partial charge is 0.373 e. The molecule has 2 aliphatic heterocycles. The number of sulfonamides is 1. The van der Waals surface area contributed by atoms with E-state index in [1.807, 2.05) is 13.8 Å². The zero-order valence-corrected chi connectivity index (χ0v) is 17.3. The van der Waals surface area contributed by atoms with Gasteiger partial charge in [0, 0.05) is 32.2 Å². The molecule has 2 unspecified atom stereocenters. The molecular formula is C15H25N3O5S3. The Hall–Kier alpha value is -0.560. The Morgan fingerprint density at radius 2 is 1.69 bits per heavy atom. The smallest absolute Gasteiger partial charge is 0.282 e. The van der Waals surface area contributed by atoms with Gasteiger partial charge in [0.05, 0.1) is 12.2 Å². The number of nitrogens with zero attached hydrogens (tertiary/aromatic N) is 2. The predicted octanol–water partition coefficient (Wildman–Crippen LogP) is 0.845. The molecule has 2 aliphatic rings. The van der Waals surface area contributed by atoms with Crippen LogP contribution in [0.3, 0.4) is 0 Å². The van der Waals surface area contributed by atoms with Crippen molar-refractivity contribution in [2.75, 3.05) is 26.2 Å². The van der Waals surface area contributed by atoms with Crippen molar-refractivity contribution >= 4 is 31.6 Å². The summed E-state index contributed by atoms with van der Waals surface area (Å²) in [6.07, 6.45) is 0.644. The Balaban J connectivity index is 1.59. The summed E-state index contributed by atoms with van der Waals surface area (Å²) in [6, 6.07) is 3.00. The lowest BCUT2D eigenvalue weighted by atomic mass is 10.1. The van der Waals surface area contributed by atoms with Gasteiger partial charge in [0.25, 0.3) is 10.2 Å². The molecular weight excluding hydrogens is 398 g/mol. The van der Waals surface area contributed by atoms with Crippen LogP contribution in [0.4, 0.5) is 0 Å². The molecule has 1 aromatic rings. The van der Waals surface area contributed by atoms with Crippen molar-refractivity contribution in [2.45, 2.75) is 49.1 Å². The third-order valence-electron chi connectivity index (χ3n) is 4.57. The maximum absolute atomic E-state index is 12.9. The van der Waals surface area contributed by atoms with E-state index >= 15 is 0 Å². The third kappa shape index (κ3) is 4.46. The lowest BCUT2D eigenvalue weighted by Gasteiger charge is -2.39. The minimum Gasteiger partial charge on any atom is -0.373 e. The van der Waals surface area contributed by atoms with E-state index in [1.165, 1.54) is 19.9 Å². The van der Waals surface area contributed by atoms with Crippen LogP contribution in [0, 0.1) is 0 Å². The molecule has 0 amide bonds. The zero-order chi connectivity index (χ0) is 18.9. The molecule has 2 saturated heterocycles. The van der Waals surface area contributed by atoms with Gasteiger partial charge in [-0.25, -0.2) is 13.1 Å². The van der Waals surface area contributed by atoms with Gasteiger partial charge in [-0.2, -0.15) is 17.0 Å². The Bertz CT molecular complexity index is 792. The number of rotatable bonds is 5. The minimum atomic E-state index is -3.55. The molecule has 3 rings (SSSR count). The molecule has 2 atom stereocenters. The predicted molar refractivity (Wildman–Crippen MR) is 99.7 cm³/mol. The van der Waals surface area contributed by atoms with Crippen molar-refractivity contribution in [1.29, 1.82) is 0 Å². The maximum atomic E-state index is 12.9. The molecule has 0 saturated carbocycles. The standard InChI is InChI=1S/C15H25N3O5S3/c1-12-10-18(11-13(2)23-12)26(21,22)17-7-5-14(6-8-17)16-25(19,20)15-4-3-9-24-15/h3-4,9,12-14,16H,5-8,10-11H2,1-2H3. The van der Waals surface area contributed by atoms with Crippen LogP contribution in [0.25, 0.3) is 0 Å². The summed E-state index contributed by atoms with van der Waals surface area (Å²) in [6.45, 7) is 5.03. The third-order valence-corrected chi connectivity index (χ3v) is 9.46. The van der Waals surface area contributed by atoms with Crippen molar-refractivity contribution < 1.29 is 21.6 Å². The van der Waals surface area contributed by atoms with E-state index in [9.17, 15) is 16.8 Å². The highest BCUT2D eigenvalue weighted by Gasteiger charge is 2.37. The van der Waals surface area contributed by atoms with Gasteiger partial charge < -0.3 is 4.74 Å². The first-order valence-electron chi connectivity index (χ1n) is 8.65. The van der Waals surface area contributed by atoms with Crippen molar-refractivity contribution in [3.8, 4) is 0 Å². The first-order valence-corrected chi connectivity index (χ1v) is 12.4. The van der Waals surface area contributed by atoms with Crippen LogP contribution in [0.1, 0.15) is 26.7 Å². The summed E-state index contributed by atoms with van der Waals surface area (Å²) >= 11 is 1.17. The Morgan fingerprint density at radius 3 is 2.23 bits per heavy atom. The van der Waals surface area contributed by atoms with Gasteiger partial charge in [0.15, 0.2) is 0 Å². The van der Waals surface area contributed by atoms with E-state index < -0.39 is 20.2 Å². The zero-order valence-electron chi connectivity index (χ0n) is 14.9. The summed E-state index contributed by atoms with van der Waals surface area (Å²) in [4.78, 5) is 0. The quantitative estimate of drug-likeness (QED) is 0.757. The van der Waals surface area contributed by atoms with Gasteiger partial charge in [-0.1, -0.05) is 6.07 Å². The number of hydrogen-bond acceptors (Lipinski definition) is 6. The fourth-order valence-electron chi connectivity index (χ4n) is 3.38. The molecule has 2 fully saturated rings. The van der Waals surface area contributed by atoms with Crippen LogP contribution >= 0.6 is 11.3 Å². The lowest BCUT2D eigenvalue weighted by molar-refractivity contribution is -0.0456. The molecule has 3 heterocycles. The Labute approximate surface area is 159 Å². The normalized spacial score (nSPS) is 27.6. The number of ether oxygens (including phenoxy) is 1. The molecule has 0 bridgehead atoms. The molecule has 0 radical (unpaired) electrons. The minimum absolute atomic E-state index is 0.135. The van der Waals surface area contributed by atoms with Crippen LogP contribution < -0.4 is 4.72 Å². The average Bonchev–Trinajstić information content (AvgIpc) is 3.09. The number of morpholine rings is 1. The molecule has 8 nitrogen and oxygen atoms in total. The van der Waals surface area contributed by atoms with Gasteiger partial charge in [-0.3, -0.25) is 0 Å². The van der Waals surface area contributed by atoms with E-state index in [-0.39, 0.29) is 22.5 Å². The number of hydrogen-bond donors (Lipinski definition) is 1. The highest BCUT2D eigenvalue weighted by atomic mass is 32.2. The summed E-state index contributed by atoms with van der Waals surface area (Å²) in [5.41, 5.74) is 0. The molecule has 148 valence electrons. The molecule has 11 heteroatoms. The first-order chi connectivity index (χ1) is 12.2. The fourth-order valence-corrected chi connectivity index (χ4v) is 7.49. The van der Waals surface area contributed by atoms with E-state index in [0.29, 0.717) is 39.0 Å². The summed E-state index contributed by atoms with van der Waals surface area (Å²) in [5, 5.41) is 1.72. The first kappa shape index (κ1) is 20.2. The van der Waals surface area contributed by atoms with E-state index in [2.05, 4.69) is 4.72 Å². The molecule has 0 aromatic carbocycles. The summed E-state index contributed by atoms with van der Waals surface area (Å²) in [7, 11) is -7.08. The maximum Gasteiger partial charge on any atom is 0.282 e. The highest BCUT2D eigenvalue weighted by Crippen LogP contribution is 2.23. The van der Waals surface area contributed by atoms with Crippen LogP contribution in [0.5, 0.6) is 0 Å². The van der Waals surface area contributed by atoms with Crippen LogP contribution in [-0.4, -0.2) is 69.9 Å². The molecule has 1 aromatic heterocycles. The highest BCUT2D eigenvalue weighted by molar-refractivity contribution is 7.91.